The second kappa shape index (κ2) is 8.30. The average Bonchev–Trinajstić information content (AvgIpc) is 3.05. The van der Waals surface area contributed by atoms with Gasteiger partial charge in [0.25, 0.3) is 11.5 Å². The van der Waals surface area contributed by atoms with Crippen LogP contribution in [0.15, 0.2) is 53.3 Å². The Balaban J connectivity index is 1.68. The predicted molar refractivity (Wildman–Crippen MR) is 120 cm³/mol. The molecular weight excluding hydrogens is 422 g/mol. The van der Waals surface area contributed by atoms with Crippen LogP contribution in [0.2, 0.25) is 5.02 Å². The van der Waals surface area contributed by atoms with E-state index in [0.717, 1.165) is 5.56 Å². The van der Waals surface area contributed by atoms with Crippen molar-refractivity contribution in [1.29, 1.82) is 0 Å². The van der Waals surface area contributed by atoms with Crippen molar-refractivity contribution in [3.8, 4) is 5.75 Å². The zero-order valence-corrected chi connectivity index (χ0v) is 17.9. The number of anilines is 1. The Hall–Kier alpha value is -3.16. The smallest absolute Gasteiger partial charge is 0.266 e. The first-order chi connectivity index (χ1) is 14.5. The molecule has 0 atom stereocenters. The van der Waals surface area contributed by atoms with Gasteiger partial charge in [-0.15, -0.1) is 11.3 Å². The zero-order chi connectivity index (χ0) is 21.3. The number of rotatable bonds is 5. The third kappa shape index (κ3) is 3.94. The molecule has 30 heavy (non-hydrogen) atoms. The molecule has 4 aromatic rings. The lowest BCUT2D eigenvalue weighted by Crippen LogP contribution is -2.14. The van der Waals surface area contributed by atoms with Crippen molar-refractivity contribution in [3.05, 3.63) is 85.7 Å². The summed E-state index contributed by atoms with van der Waals surface area (Å²) in [5, 5.41) is 3.91. The third-order valence-electron chi connectivity index (χ3n) is 4.67. The van der Waals surface area contributed by atoms with Gasteiger partial charge in [0, 0.05) is 11.4 Å². The van der Waals surface area contributed by atoms with Crippen molar-refractivity contribution < 1.29 is 9.53 Å². The largest absolute Gasteiger partial charge is 0.495 e. The number of nitrogens with one attached hydrogen (secondary N) is 2. The number of fused-ring (bicyclic) bond motifs is 1. The molecule has 152 valence electrons. The van der Waals surface area contributed by atoms with Crippen LogP contribution in [0.4, 0.5) is 5.69 Å². The number of nitrogens with zero attached hydrogens (tertiary/aromatic N) is 1. The number of halogens is 1. The topological polar surface area (TPSA) is 84.1 Å². The molecule has 0 aliphatic carbocycles. The first-order valence-electron chi connectivity index (χ1n) is 9.17. The van der Waals surface area contributed by atoms with E-state index in [4.69, 9.17) is 16.3 Å². The Morgan fingerprint density at radius 1 is 1.23 bits per heavy atom. The van der Waals surface area contributed by atoms with E-state index in [1.807, 2.05) is 30.3 Å². The Morgan fingerprint density at radius 2 is 2.03 bits per heavy atom. The van der Waals surface area contributed by atoms with Crippen molar-refractivity contribution in [1.82, 2.24) is 9.97 Å². The number of para-hydroxylation sites is 2. The van der Waals surface area contributed by atoms with Gasteiger partial charge in [-0.2, -0.15) is 0 Å². The maximum Gasteiger partial charge on any atom is 0.266 e. The highest BCUT2D eigenvalue weighted by Gasteiger charge is 2.20. The number of hydrogen-bond acceptors (Lipinski definition) is 5. The molecule has 0 aliphatic heterocycles. The zero-order valence-electron chi connectivity index (χ0n) is 16.3. The quantitative estimate of drug-likeness (QED) is 0.468. The molecule has 6 nitrogen and oxygen atoms in total. The lowest BCUT2D eigenvalue weighted by atomic mass is 10.1. The monoisotopic (exact) mass is 439 g/mol. The summed E-state index contributed by atoms with van der Waals surface area (Å²) in [6.07, 6.45) is 0.436. The Kier molecular flexibility index (Phi) is 5.57. The SMILES string of the molecule is COc1ccccc1NC(=O)c1sc2nc(Cc3cccc(Cl)c3)[nH]c(=O)c2c1C. The number of aryl methyl sites for hydroxylation is 1. The van der Waals surface area contributed by atoms with Gasteiger partial charge in [0.05, 0.1) is 23.1 Å². The number of carbonyl (C=O) groups excluding carboxylic acids is 1. The molecule has 1 amide bonds. The molecule has 0 saturated heterocycles. The minimum Gasteiger partial charge on any atom is -0.495 e. The lowest BCUT2D eigenvalue weighted by molar-refractivity contribution is 0.102. The van der Waals surface area contributed by atoms with E-state index in [-0.39, 0.29) is 11.5 Å². The van der Waals surface area contributed by atoms with E-state index in [2.05, 4.69) is 15.3 Å². The van der Waals surface area contributed by atoms with E-state index >= 15 is 0 Å². The molecule has 2 aromatic carbocycles. The van der Waals surface area contributed by atoms with Gasteiger partial charge in [-0.1, -0.05) is 35.9 Å². The third-order valence-corrected chi connectivity index (χ3v) is 6.09. The Bertz CT molecular complexity index is 1310. The number of ether oxygens (including phenoxy) is 1. The van der Waals surface area contributed by atoms with Crippen molar-refractivity contribution in [2.75, 3.05) is 12.4 Å². The summed E-state index contributed by atoms with van der Waals surface area (Å²) in [5.41, 5.74) is 1.84. The molecule has 0 fully saturated rings. The summed E-state index contributed by atoms with van der Waals surface area (Å²) in [4.78, 5) is 34.0. The minimum absolute atomic E-state index is 0.262. The highest BCUT2D eigenvalue weighted by Crippen LogP contribution is 2.30. The van der Waals surface area contributed by atoms with E-state index in [1.54, 1.807) is 32.2 Å². The maximum absolute atomic E-state index is 12.9. The molecule has 0 saturated carbocycles. The van der Waals surface area contributed by atoms with Crippen LogP contribution in [-0.2, 0) is 6.42 Å². The Morgan fingerprint density at radius 3 is 2.80 bits per heavy atom. The number of aromatic nitrogens is 2. The van der Waals surface area contributed by atoms with Gasteiger partial charge in [-0.25, -0.2) is 4.98 Å². The predicted octanol–water partition coefficient (Wildman–Crippen LogP) is 4.80. The average molecular weight is 440 g/mol. The molecule has 0 bridgehead atoms. The molecule has 0 aliphatic rings. The summed E-state index contributed by atoms with van der Waals surface area (Å²) in [6.45, 7) is 1.75. The fourth-order valence-electron chi connectivity index (χ4n) is 3.26. The molecule has 2 N–H and O–H groups in total. The molecule has 0 radical (unpaired) electrons. The Labute approximate surface area is 181 Å². The van der Waals surface area contributed by atoms with Crippen molar-refractivity contribution >= 4 is 44.7 Å². The van der Waals surface area contributed by atoms with Gasteiger partial charge in [-0.05, 0) is 42.3 Å². The van der Waals surface area contributed by atoms with Crippen molar-refractivity contribution in [2.45, 2.75) is 13.3 Å². The van der Waals surface area contributed by atoms with Gasteiger partial charge in [0.2, 0.25) is 0 Å². The minimum atomic E-state index is -0.309. The van der Waals surface area contributed by atoms with Crippen molar-refractivity contribution in [3.63, 3.8) is 0 Å². The van der Waals surface area contributed by atoms with E-state index in [0.29, 0.717) is 49.4 Å². The number of H-pyrrole nitrogens is 1. The molecule has 2 aromatic heterocycles. The number of aromatic amines is 1. The molecule has 2 heterocycles. The number of carbonyl (C=O) groups is 1. The fourth-order valence-corrected chi connectivity index (χ4v) is 4.56. The van der Waals surface area contributed by atoms with Gasteiger partial charge >= 0.3 is 0 Å². The summed E-state index contributed by atoms with van der Waals surface area (Å²) >= 11 is 7.24. The normalized spacial score (nSPS) is 10.9. The van der Waals surface area contributed by atoms with E-state index in [9.17, 15) is 9.59 Å². The van der Waals surface area contributed by atoms with Gasteiger partial charge in [0.15, 0.2) is 0 Å². The second-order valence-electron chi connectivity index (χ2n) is 6.71. The molecule has 4 rings (SSSR count). The van der Waals surface area contributed by atoms with Crippen LogP contribution in [0.5, 0.6) is 5.75 Å². The van der Waals surface area contributed by atoms with E-state index in [1.165, 1.54) is 11.3 Å². The summed E-state index contributed by atoms with van der Waals surface area (Å²) in [7, 11) is 1.54. The highest BCUT2D eigenvalue weighted by molar-refractivity contribution is 7.20. The standard InChI is InChI=1S/C22H18ClN3O3S/c1-12-18-20(27)25-17(11-13-6-5-7-14(23)10-13)26-22(18)30-19(12)21(28)24-15-8-3-4-9-16(15)29-2/h3-10H,11H2,1-2H3,(H,24,28)(H,25,26,27). The first kappa shape index (κ1) is 20.1. The van der Waals surface area contributed by atoms with Crippen LogP contribution < -0.4 is 15.6 Å². The van der Waals surface area contributed by atoms with Crippen LogP contribution in [-0.4, -0.2) is 23.0 Å². The van der Waals surface area contributed by atoms with Crippen LogP contribution in [0.1, 0.15) is 26.6 Å². The first-order valence-corrected chi connectivity index (χ1v) is 10.4. The maximum atomic E-state index is 12.9. The van der Waals surface area contributed by atoms with Crippen LogP contribution in [0.25, 0.3) is 10.2 Å². The van der Waals surface area contributed by atoms with E-state index < -0.39 is 0 Å². The number of amides is 1. The van der Waals surface area contributed by atoms with Crippen LogP contribution in [0, 0.1) is 6.92 Å². The van der Waals surface area contributed by atoms with Crippen LogP contribution in [0.3, 0.4) is 0 Å². The van der Waals surface area contributed by atoms with Gasteiger partial charge in [-0.3, -0.25) is 9.59 Å². The number of thiophene rings is 1. The van der Waals surface area contributed by atoms with Crippen LogP contribution >= 0.6 is 22.9 Å². The van der Waals surface area contributed by atoms with Gasteiger partial charge < -0.3 is 15.0 Å². The highest BCUT2D eigenvalue weighted by atomic mass is 35.5. The van der Waals surface area contributed by atoms with Crippen molar-refractivity contribution in [2.24, 2.45) is 0 Å². The molecule has 8 heteroatoms. The van der Waals surface area contributed by atoms with Gasteiger partial charge in [0.1, 0.15) is 16.4 Å². The second-order valence-corrected chi connectivity index (χ2v) is 8.15. The number of hydrogen-bond donors (Lipinski definition) is 2. The number of benzene rings is 2. The fraction of sp³-hybridized carbons (Fsp3) is 0.136. The molecular formula is C22H18ClN3O3S. The summed E-state index contributed by atoms with van der Waals surface area (Å²) < 4.78 is 5.28. The number of methoxy groups -OCH3 is 1. The molecule has 0 spiro atoms. The summed E-state index contributed by atoms with van der Waals surface area (Å²) in [6, 6.07) is 14.5. The molecule has 0 unspecified atom stereocenters. The summed E-state index contributed by atoms with van der Waals surface area (Å²) in [5.74, 6) is 0.771. The lowest BCUT2D eigenvalue weighted by Gasteiger charge is -2.09.